The molecule has 98 valence electrons. The zero-order chi connectivity index (χ0) is 13.3. The van der Waals surface area contributed by atoms with Crippen LogP contribution in [0.2, 0.25) is 0 Å². The molecule has 2 unspecified atom stereocenters. The van der Waals surface area contributed by atoms with Gasteiger partial charge in [0.1, 0.15) is 0 Å². The maximum absolute atomic E-state index is 11.7. The van der Waals surface area contributed by atoms with E-state index in [2.05, 4.69) is 6.92 Å². The minimum absolute atomic E-state index is 0.107. The molecule has 2 atom stereocenters. The first-order chi connectivity index (χ1) is 7.74. The number of rotatable bonds is 4. The van der Waals surface area contributed by atoms with E-state index in [1.54, 1.807) is 0 Å². The Bertz CT molecular complexity index is 321. The van der Waals surface area contributed by atoms with Crippen LogP contribution in [0.25, 0.3) is 0 Å². The van der Waals surface area contributed by atoms with Crippen LogP contribution in [0.1, 0.15) is 46.5 Å². The molecule has 0 radical (unpaired) electrons. The van der Waals surface area contributed by atoms with Crippen LogP contribution in [0.4, 0.5) is 0 Å². The fourth-order valence-electron chi connectivity index (χ4n) is 2.95. The molecular formula is C13H22O4. The van der Waals surface area contributed by atoms with Crippen molar-refractivity contribution in [1.29, 1.82) is 0 Å². The molecule has 0 aromatic heterocycles. The van der Waals surface area contributed by atoms with E-state index < -0.39 is 5.97 Å². The lowest BCUT2D eigenvalue weighted by Gasteiger charge is -2.40. The Morgan fingerprint density at radius 2 is 1.94 bits per heavy atom. The number of esters is 1. The predicted octanol–water partition coefficient (Wildman–Crippen LogP) is 2.47. The fraction of sp³-hybridized carbons (Fsp3) is 0.846. The Labute approximate surface area is 102 Å². The van der Waals surface area contributed by atoms with Gasteiger partial charge in [0, 0.05) is 6.42 Å². The van der Waals surface area contributed by atoms with Crippen molar-refractivity contribution in [3.8, 4) is 0 Å². The molecule has 1 saturated carbocycles. The van der Waals surface area contributed by atoms with Crippen LogP contribution >= 0.6 is 0 Å². The SMILES string of the molecule is COC(=O)C1CCC(C)(CCC(=O)O)C1(C)C. The quantitative estimate of drug-likeness (QED) is 0.769. The summed E-state index contributed by atoms with van der Waals surface area (Å²) < 4.78 is 4.83. The average Bonchev–Trinajstić information content (AvgIpc) is 2.47. The number of methoxy groups -OCH3 is 1. The summed E-state index contributed by atoms with van der Waals surface area (Å²) in [5.41, 5.74) is -0.320. The molecule has 1 rings (SSSR count). The highest BCUT2D eigenvalue weighted by Gasteiger charge is 2.54. The zero-order valence-electron chi connectivity index (χ0n) is 11.1. The van der Waals surface area contributed by atoms with Crippen LogP contribution in [0.15, 0.2) is 0 Å². The Hall–Kier alpha value is -1.06. The standard InChI is InChI=1S/C13H22O4/c1-12(2)9(11(16)17-4)5-7-13(12,3)8-6-10(14)15/h9H,5-8H2,1-4H3,(H,14,15). The summed E-state index contributed by atoms with van der Waals surface area (Å²) in [6.07, 6.45) is 2.44. The molecular weight excluding hydrogens is 220 g/mol. The number of carboxylic acids is 1. The molecule has 0 aromatic carbocycles. The summed E-state index contributed by atoms with van der Waals surface area (Å²) in [5, 5.41) is 8.79. The molecule has 4 heteroatoms. The largest absolute Gasteiger partial charge is 0.481 e. The second kappa shape index (κ2) is 4.67. The highest BCUT2D eigenvalue weighted by molar-refractivity contribution is 5.74. The van der Waals surface area contributed by atoms with Crippen molar-refractivity contribution in [2.45, 2.75) is 46.5 Å². The molecule has 1 aliphatic carbocycles. The van der Waals surface area contributed by atoms with Gasteiger partial charge in [-0.2, -0.15) is 0 Å². The number of carbonyl (C=O) groups is 2. The number of ether oxygens (including phenoxy) is 1. The molecule has 0 spiro atoms. The third kappa shape index (κ3) is 2.45. The van der Waals surface area contributed by atoms with E-state index in [1.807, 2.05) is 13.8 Å². The number of hydrogen-bond acceptors (Lipinski definition) is 3. The number of carboxylic acid groups (broad SMARTS) is 1. The number of hydrogen-bond donors (Lipinski definition) is 1. The first-order valence-corrected chi connectivity index (χ1v) is 6.04. The summed E-state index contributed by atoms with van der Waals surface area (Å²) >= 11 is 0. The lowest BCUT2D eigenvalue weighted by molar-refractivity contribution is -0.150. The first kappa shape index (κ1) is 14.0. The zero-order valence-corrected chi connectivity index (χ0v) is 11.1. The van der Waals surface area contributed by atoms with Gasteiger partial charge < -0.3 is 9.84 Å². The molecule has 1 aliphatic rings. The molecule has 17 heavy (non-hydrogen) atoms. The molecule has 0 bridgehead atoms. The topological polar surface area (TPSA) is 63.6 Å². The molecule has 1 fully saturated rings. The van der Waals surface area contributed by atoms with Gasteiger partial charge in [0.2, 0.25) is 0 Å². The molecule has 0 heterocycles. The third-order valence-corrected chi connectivity index (χ3v) is 4.79. The van der Waals surface area contributed by atoms with E-state index >= 15 is 0 Å². The van der Waals surface area contributed by atoms with Crippen LogP contribution in [0.5, 0.6) is 0 Å². The normalized spacial score (nSPS) is 31.2. The van der Waals surface area contributed by atoms with E-state index in [9.17, 15) is 9.59 Å². The van der Waals surface area contributed by atoms with E-state index in [0.29, 0.717) is 6.42 Å². The highest BCUT2D eigenvalue weighted by atomic mass is 16.5. The molecule has 0 aliphatic heterocycles. The predicted molar refractivity (Wildman–Crippen MR) is 63.5 cm³/mol. The minimum Gasteiger partial charge on any atom is -0.481 e. The van der Waals surface area contributed by atoms with E-state index in [0.717, 1.165) is 12.8 Å². The van der Waals surface area contributed by atoms with Crippen LogP contribution in [-0.2, 0) is 14.3 Å². The summed E-state index contributed by atoms with van der Waals surface area (Å²) in [5.74, 6) is -1.07. The maximum atomic E-state index is 11.7. The molecule has 0 amide bonds. The highest BCUT2D eigenvalue weighted by Crippen LogP contribution is 2.58. The lowest BCUT2D eigenvalue weighted by atomic mass is 9.64. The van der Waals surface area contributed by atoms with Crippen molar-refractivity contribution in [3.63, 3.8) is 0 Å². The van der Waals surface area contributed by atoms with Crippen molar-refractivity contribution in [2.75, 3.05) is 7.11 Å². The average molecular weight is 242 g/mol. The van der Waals surface area contributed by atoms with E-state index in [-0.39, 0.29) is 29.1 Å². The minimum atomic E-state index is -0.774. The lowest BCUT2D eigenvalue weighted by Crippen LogP contribution is -2.38. The van der Waals surface area contributed by atoms with Crippen molar-refractivity contribution < 1.29 is 19.4 Å². The van der Waals surface area contributed by atoms with Gasteiger partial charge in [-0.25, -0.2) is 0 Å². The van der Waals surface area contributed by atoms with Gasteiger partial charge in [-0.1, -0.05) is 20.8 Å². The smallest absolute Gasteiger partial charge is 0.309 e. The summed E-state index contributed by atoms with van der Waals surface area (Å²) in [4.78, 5) is 22.4. The Kier molecular flexibility index (Phi) is 3.84. The number of aliphatic carboxylic acids is 1. The van der Waals surface area contributed by atoms with Crippen molar-refractivity contribution in [1.82, 2.24) is 0 Å². The van der Waals surface area contributed by atoms with Crippen molar-refractivity contribution in [3.05, 3.63) is 0 Å². The van der Waals surface area contributed by atoms with Crippen LogP contribution in [0, 0.1) is 16.7 Å². The fourth-order valence-corrected chi connectivity index (χ4v) is 2.95. The maximum Gasteiger partial charge on any atom is 0.309 e. The van der Waals surface area contributed by atoms with E-state index in [1.165, 1.54) is 7.11 Å². The molecule has 0 saturated heterocycles. The Morgan fingerprint density at radius 1 is 1.35 bits per heavy atom. The van der Waals surface area contributed by atoms with Crippen LogP contribution < -0.4 is 0 Å². The van der Waals surface area contributed by atoms with Crippen molar-refractivity contribution in [2.24, 2.45) is 16.7 Å². The molecule has 4 nitrogen and oxygen atoms in total. The van der Waals surface area contributed by atoms with Gasteiger partial charge in [-0.15, -0.1) is 0 Å². The number of carbonyl (C=O) groups excluding carboxylic acids is 1. The van der Waals surface area contributed by atoms with Crippen LogP contribution in [-0.4, -0.2) is 24.2 Å². The second-order valence-electron chi connectivity index (χ2n) is 5.79. The van der Waals surface area contributed by atoms with Crippen LogP contribution in [0.3, 0.4) is 0 Å². The molecule has 1 N–H and O–H groups in total. The van der Waals surface area contributed by atoms with Gasteiger partial charge in [0.25, 0.3) is 0 Å². The van der Waals surface area contributed by atoms with Gasteiger partial charge >= 0.3 is 11.9 Å². The van der Waals surface area contributed by atoms with Gasteiger partial charge in [0.15, 0.2) is 0 Å². The first-order valence-electron chi connectivity index (χ1n) is 6.04. The Morgan fingerprint density at radius 3 is 2.41 bits per heavy atom. The summed E-state index contributed by atoms with van der Waals surface area (Å²) in [6, 6.07) is 0. The third-order valence-electron chi connectivity index (χ3n) is 4.79. The second-order valence-corrected chi connectivity index (χ2v) is 5.79. The molecule has 0 aromatic rings. The Balaban J connectivity index is 2.83. The van der Waals surface area contributed by atoms with Gasteiger partial charge in [0.05, 0.1) is 13.0 Å². The summed E-state index contributed by atoms with van der Waals surface area (Å²) in [7, 11) is 1.41. The van der Waals surface area contributed by atoms with Gasteiger partial charge in [-0.05, 0) is 30.1 Å². The monoisotopic (exact) mass is 242 g/mol. The van der Waals surface area contributed by atoms with E-state index in [4.69, 9.17) is 9.84 Å². The van der Waals surface area contributed by atoms with Gasteiger partial charge in [-0.3, -0.25) is 9.59 Å². The summed E-state index contributed by atoms with van der Waals surface area (Å²) in [6.45, 7) is 6.17. The van der Waals surface area contributed by atoms with Crippen molar-refractivity contribution >= 4 is 11.9 Å².